The lowest BCUT2D eigenvalue weighted by Crippen LogP contribution is -2.32. The highest BCUT2D eigenvalue weighted by atomic mass is 35.5. The summed E-state index contributed by atoms with van der Waals surface area (Å²) in [7, 11) is 0. The van der Waals surface area contributed by atoms with Gasteiger partial charge < -0.3 is 9.88 Å². The van der Waals surface area contributed by atoms with E-state index in [2.05, 4.69) is 10.3 Å². The number of carbonyl (C=O) groups is 1. The van der Waals surface area contributed by atoms with Crippen molar-refractivity contribution >= 4 is 34.9 Å². The lowest BCUT2D eigenvalue weighted by Gasteiger charge is -2.11. The van der Waals surface area contributed by atoms with E-state index in [9.17, 15) is 22.8 Å². The van der Waals surface area contributed by atoms with E-state index in [0.29, 0.717) is 21.4 Å². The lowest BCUT2D eigenvalue weighted by molar-refractivity contribution is -0.139. The minimum absolute atomic E-state index is 0.00333. The smallest absolute Gasteiger partial charge is 0.308 e. The molecule has 0 saturated carbocycles. The maximum Gasteiger partial charge on any atom is 0.421 e. The molecule has 0 spiro atoms. The number of alkyl halides is 3. The van der Waals surface area contributed by atoms with E-state index < -0.39 is 29.8 Å². The van der Waals surface area contributed by atoms with Gasteiger partial charge in [0.15, 0.2) is 5.82 Å². The topological polar surface area (TPSA) is 64.0 Å². The van der Waals surface area contributed by atoms with Gasteiger partial charge in [-0.15, -0.1) is 0 Å². The Morgan fingerprint density at radius 1 is 1.33 bits per heavy atom. The fourth-order valence-electron chi connectivity index (χ4n) is 1.85. The normalized spacial score (nSPS) is 11.4. The van der Waals surface area contributed by atoms with Gasteiger partial charge in [0.1, 0.15) is 12.1 Å². The van der Waals surface area contributed by atoms with Crippen molar-refractivity contribution in [2.24, 2.45) is 0 Å². The van der Waals surface area contributed by atoms with Gasteiger partial charge in [-0.1, -0.05) is 23.2 Å². The molecule has 1 N–H and O–H groups in total. The first-order chi connectivity index (χ1) is 11.1. The van der Waals surface area contributed by atoms with Gasteiger partial charge in [0.25, 0.3) is 5.56 Å². The molecule has 0 aliphatic rings. The first kappa shape index (κ1) is 18.3. The van der Waals surface area contributed by atoms with Crippen molar-refractivity contribution in [3.63, 3.8) is 0 Å². The Labute approximate surface area is 144 Å². The van der Waals surface area contributed by atoms with Crippen molar-refractivity contribution in [1.82, 2.24) is 9.55 Å². The Bertz CT molecular complexity index is 850. The number of anilines is 1. The standard InChI is InChI=1S/C14H10Cl2F3N3O2/c1-7-9(15)5-10(16)12(20-7)21-11(23)6-22-4-2-3-8(13(22)24)14(17,18)19/h2-5H,6H2,1H3,(H,20,21,23). The van der Waals surface area contributed by atoms with Crippen LogP contribution >= 0.6 is 23.2 Å². The molecule has 0 atom stereocenters. The van der Waals surface area contributed by atoms with Gasteiger partial charge in [-0.2, -0.15) is 13.2 Å². The van der Waals surface area contributed by atoms with E-state index in [4.69, 9.17) is 23.2 Å². The van der Waals surface area contributed by atoms with Crippen LogP contribution in [0.15, 0.2) is 29.2 Å². The summed E-state index contributed by atoms with van der Waals surface area (Å²) < 4.78 is 38.7. The Morgan fingerprint density at radius 3 is 2.62 bits per heavy atom. The number of nitrogens with zero attached hydrogens (tertiary/aromatic N) is 2. The molecule has 0 fully saturated rings. The third kappa shape index (κ3) is 4.07. The average molecular weight is 380 g/mol. The van der Waals surface area contributed by atoms with E-state index in [1.807, 2.05) is 0 Å². The van der Waals surface area contributed by atoms with Gasteiger partial charge in [-0.25, -0.2) is 4.98 Å². The van der Waals surface area contributed by atoms with E-state index >= 15 is 0 Å². The van der Waals surface area contributed by atoms with Crippen molar-refractivity contribution in [1.29, 1.82) is 0 Å². The van der Waals surface area contributed by atoms with Gasteiger partial charge >= 0.3 is 6.18 Å². The van der Waals surface area contributed by atoms with Crippen LogP contribution in [0.1, 0.15) is 11.3 Å². The van der Waals surface area contributed by atoms with E-state index in [1.54, 1.807) is 6.92 Å². The molecule has 0 aromatic carbocycles. The maximum absolute atomic E-state index is 12.7. The summed E-state index contributed by atoms with van der Waals surface area (Å²) in [5.41, 5.74) is -2.25. The molecular weight excluding hydrogens is 370 g/mol. The van der Waals surface area contributed by atoms with Crippen LogP contribution in [0.4, 0.5) is 19.0 Å². The number of hydrogen-bond acceptors (Lipinski definition) is 3. The monoisotopic (exact) mass is 379 g/mol. The number of aromatic nitrogens is 2. The number of carbonyl (C=O) groups excluding carboxylic acids is 1. The first-order valence-corrected chi connectivity index (χ1v) is 7.24. The van der Waals surface area contributed by atoms with Crippen LogP contribution in [0.25, 0.3) is 0 Å². The zero-order valence-electron chi connectivity index (χ0n) is 12.1. The molecule has 0 radical (unpaired) electrons. The van der Waals surface area contributed by atoms with Crippen molar-refractivity contribution in [3.05, 3.63) is 56.1 Å². The summed E-state index contributed by atoms with van der Waals surface area (Å²) in [6, 6.07) is 3.06. The molecule has 0 aliphatic carbocycles. The predicted octanol–water partition coefficient (Wildman–Crippen LogP) is 3.52. The number of pyridine rings is 2. The Hall–Kier alpha value is -2.06. The average Bonchev–Trinajstić information content (AvgIpc) is 2.45. The Kier molecular flexibility index (Phi) is 5.19. The van der Waals surface area contributed by atoms with E-state index in [0.717, 1.165) is 12.3 Å². The van der Waals surface area contributed by atoms with Gasteiger partial charge in [0.2, 0.25) is 5.91 Å². The number of nitrogens with one attached hydrogen (secondary N) is 1. The lowest BCUT2D eigenvalue weighted by atomic mass is 10.2. The van der Waals surface area contributed by atoms with Crippen LogP contribution in [-0.4, -0.2) is 15.5 Å². The van der Waals surface area contributed by atoms with Crippen LogP contribution in [0, 0.1) is 6.92 Å². The molecule has 0 saturated heterocycles. The summed E-state index contributed by atoms with van der Waals surface area (Å²) in [6.07, 6.45) is -3.71. The molecule has 128 valence electrons. The quantitative estimate of drug-likeness (QED) is 0.887. The number of amides is 1. The van der Waals surface area contributed by atoms with E-state index in [1.165, 1.54) is 6.07 Å². The second-order valence-electron chi connectivity index (χ2n) is 4.79. The van der Waals surface area contributed by atoms with Crippen LogP contribution in [0.2, 0.25) is 10.0 Å². The highest BCUT2D eigenvalue weighted by Gasteiger charge is 2.34. The number of rotatable bonds is 3. The number of hydrogen-bond donors (Lipinski definition) is 1. The van der Waals surface area contributed by atoms with Gasteiger partial charge in [0, 0.05) is 6.20 Å². The minimum atomic E-state index is -4.80. The SMILES string of the molecule is Cc1nc(NC(=O)Cn2cccc(C(F)(F)F)c2=O)c(Cl)cc1Cl. The fraction of sp³-hybridized carbons (Fsp3) is 0.214. The minimum Gasteiger partial charge on any atom is -0.308 e. The predicted molar refractivity (Wildman–Crippen MR) is 83.3 cm³/mol. The van der Waals surface area contributed by atoms with Gasteiger partial charge in [-0.3, -0.25) is 9.59 Å². The summed E-state index contributed by atoms with van der Waals surface area (Å²) >= 11 is 11.7. The second-order valence-corrected chi connectivity index (χ2v) is 5.60. The fourth-order valence-corrected chi connectivity index (χ4v) is 2.26. The van der Waals surface area contributed by atoms with Crippen molar-refractivity contribution in [2.45, 2.75) is 19.6 Å². The summed E-state index contributed by atoms with van der Waals surface area (Å²) in [5.74, 6) is -0.754. The molecule has 0 aliphatic heterocycles. The zero-order chi connectivity index (χ0) is 18.1. The Balaban J connectivity index is 2.23. The third-order valence-corrected chi connectivity index (χ3v) is 3.67. The Morgan fingerprint density at radius 2 is 2.00 bits per heavy atom. The summed E-state index contributed by atoms with van der Waals surface area (Å²) in [4.78, 5) is 27.7. The van der Waals surface area contributed by atoms with Crippen LogP contribution in [-0.2, 0) is 17.5 Å². The van der Waals surface area contributed by atoms with Crippen molar-refractivity contribution in [3.8, 4) is 0 Å². The highest BCUT2D eigenvalue weighted by Crippen LogP contribution is 2.26. The van der Waals surface area contributed by atoms with E-state index in [-0.39, 0.29) is 10.8 Å². The molecule has 0 bridgehead atoms. The van der Waals surface area contributed by atoms with Crippen LogP contribution < -0.4 is 10.9 Å². The summed E-state index contributed by atoms with van der Waals surface area (Å²) in [5, 5.41) is 2.69. The molecule has 5 nitrogen and oxygen atoms in total. The third-order valence-electron chi connectivity index (χ3n) is 3.00. The van der Waals surface area contributed by atoms with Gasteiger partial charge in [0.05, 0.1) is 15.7 Å². The molecule has 24 heavy (non-hydrogen) atoms. The summed E-state index contributed by atoms with van der Waals surface area (Å²) in [6.45, 7) is 0.966. The first-order valence-electron chi connectivity index (χ1n) is 6.48. The largest absolute Gasteiger partial charge is 0.421 e. The number of aryl methyl sites for hydroxylation is 1. The molecular formula is C14H10Cl2F3N3O2. The molecule has 2 heterocycles. The zero-order valence-corrected chi connectivity index (χ0v) is 13.6. The number of halogens is 5. The molecule has 0 unspecified atom stereocenters. The second kappa shape index (κ2) is 6.82. The van der Waals surface area contributed by atoms with Crippen molar-refractivity contribution < 1.29 is 18.0 Å². The van der Waals surface area contributed by atoms with Gasteiger partial charge in [-0.05, 0) is 25.1 Å². The van der Waals surface area contributed by atoms with Crippen molar-refractivity contribution in [2.75, 3.05) is 5.32 Å². The molecule has 1 amide bonds. The molecule has 2 rings (SSSR count). The molecule has 10 heteroatoms. The maximum atomic E-state index is 12.7. The van der Waals surface area contributed by atoms with Crippen LogP contribution in [0.5, 0.6) is 0 Å². The molecule has 2 aromatic rings. The molecule has 2 aromatic heterocycles. The highest BCUT2D eigenvalue weighted by molar-refractivity contribution is 6.36. The van der Waals surface area contributed by atoms with Crippen LogP contribution in [0.3, 0.4) is 0 Å².